The van der Waals surface area contributed by atoms with Crippen molar-refractivity contribution in [3.63, 3.8) is 0 Å². The summed E-state index contributed by atoms with van der Waals surface area (Å²) in [5, 5.41) is 3.30. The van der Waals surface area contributed by atoms with E-state index in [1.54, 1.807) is 0 Å². The Bertz CT molecular complexity index is 414. The first-order valence-corrected chi connectivity index (χ1v) is 6.62. The predicted octanol–water partition coefficient (Wildman–Crippen LogP) is 2.08. The fourth-order valence-corrected chi connectivity index (χ4v) is 3.88. The molecule has 82 valence electrons. The van der Waals surface area contributed by atoms with Crippen molar-refractivity contribution >= 4 is 10.8 Å². The summed E-state index contributed by atoms with van der Waals surface area (Å²) in [6.45, 7) is 4.15. The Hall–Kier alpha value is -0.670. The van der Waals surface area contributed by atoms with Crippen LogP contribution in [-0.2, 0) is 10.8 Å². The van der Waals surface area contributed by atoms with E-state index in [9.17, 15) is 4.21 Å². The highest BCUT2D eigenvalue weighted by Crippen LogP contribution is 2.32. The Morgan fingerprint density at radius 1 is 1.40 bits per heavy atom. The largest absolute Gasteiger partial charge is 0.313 e. The number of fused-ring (bicyclic) bond motifs is 1. The molecule has 0 radical (unpaired) electrons. The van der Waals surface area contributed by atoms with Crippen LogP contribution in [0.5, 0.6) is 0 Å². The highest BCUT2D eigenvalue weighted by atomic mass is 32.2. The third-order valence-electron chi connectivity index (χ3n) is 2.99. The number of benzene rings is 1. The minimum absolute atomic E-state index is 0.372. The SMILES string of the molecule is CNC1CCS(=O)c2c(C)cc(C)cc21. The van der Waals surface area contributed by atoms with Crippen LogP contribution < -0.4 is 5.32 Å². The van der Waals surface area contributed by atoms with E-state index in [0.29, 0.717) is 6.04 Å². The molecule has 1 aromatic carbocycles. The Labute approximate surface area is 93.5 Å². The average Bonchev–Trinajstić information content (AvgIpc) is 2.17. The van der Waals surface area contributed by atoms with Gasteiger partial charge in [-0.05, 0) is 38.4 Å². The standard InChI is InChI=1S/C12H17NOS/c1-8-6-9(2)12-10(7-8)11(13-3)4-5-15(12)14/h6-7,11,13H,4-5H2,1-3H3. The van der Waals surface area contributed by atoms with E-state index in [1.807, 2.05) is 7.05 Å². The van der Waals surface area contributed by atoms with Gasteiger partial charge in [-0.3, -0.25) is 4.21 Å². The van der Waals surface area contributed by atoms with Gasteiger partial charge in [0.05, 0.1) is 10.8 Å². The molecule has 0 saturated heterocycles. The molecule has 2 atom stereocenters. The van der Waals surface area contributed by atoms with E-state index >= 15 is 0 Å². The van der Waals surface area contributed by atoms with Crippen LogP contribution in [0.3, 0.4) is 0 Å². The van der Waals surface area contributed by atoms with Gasteiger partial charge >= 0.3 is 0 Å². The molecule has 2 unspecified atom stereocenters. The number of rotatable bonds is 1. The first kappa shape index (κ1) is 10.8. The zero-order valence-electron chi connectivity index (χ0n) is 9.46. The molecule has 1 aromatic rings. The summed E-state index contributed by atoms with van der Waals surface area (Å²) in [5.41, 5.74) is 3.66. The van der Waals surface area contributed by atoms with Crippen molar-refractivity contribution in [3.05, 3.63) is 28.8 Å². The van der Waals surface area contributed by atoms with Crippen LogP contribution in [0.2, 0.25) is 0 Å². The van der Waals surface area contributed by atoms with Crippen LogP contribution in [0.4, 0.5) is 0 Å². The van der Waals surface area contributed by atoms with Crippen LogP contribution in [0, 0.1) is 13.8 Å². The molecule has 0 fully saturated rings. The maximum atomic E-state index is 12.0. The summed E-state index contributed by atoms with van der Waals surface area (Å²) in [7, 11) is 1.18. The minimum atomic E-state index is -0.797. The molecule has 0 spiro atoms. The maximum Gasteiger partial charge on any atom is 0.0536 e. The van der Waals surface area contributed by atoms with E-state index in [4.69, 9.17) is 0 Å². The van der Waals surface area contributed by atoms with Gasteiger partial charge in [-0.2, -0.15) is 0 Å². The molecule has 2 nitrogen and oxygen atoms in total. The molecule has 0 aromatic heterocycles. The molecular weight excluding hydrogens is 206 g/mol. The fraction of sp³-hybridized carbons (Fsp3) is 0.500. The van der Waals surface area contributed by atoms with Gasteiger partial charge in [-0.25, -0.2) is 0 Å². The van der Waals surface area contributed by atoms with E-state index in [1.165, 1.54) is 16.7 Å². The summed E-state index contributed by atoms with van der Waals surface area (Å²) in [4.78, 5) is 1.06. The van der Waals surface area contributed by atoms with Crippen LogP contribution in [0.1, 0.15) is 29.2 Å². The fourth-order valence-electron chi connectivity index (χ4n) is 2.34. The van der Waals surface area contributed by atoms with E-state index in [2.05, 4.69) is 31.3 Å². The van der Waals surface area contributed by atoms with Gasteiger partial charge in [0.25, 0.3) is 0 Å². The summed E-state index contributed by atoms with van der Waals surface area (Å²) in [6, 6.07) is 4.66. The molecule has 0 saturated carbocycles. The van der Waals surface area contributed by atoms with Gasteiger partial charge < -0.3 is 5.32 Å². The number of nitrogens with one attached hydrogen (secondary N) is 1. The van der Waals surface area contributed by atoms with Crippen molar-refractivity contribution in [1.82, 2.24) is 5.32 Å². The first-order valence-electron chi connectivity index (χ1n) is 5.30. The molecular formula is C12H17NOS. The van der Waals surface area contributed by atoms with Crippen molar-refractivity contribution in [3.8, 4) is 0 Å². The molecule has 0 aliphatic carbocycles. The van der Waals surface area contributed by atoms with Crippen molar-refractivity contribution in [1.29, 1.82) is 0 Å². The molecule has 1 aliphatic rings. The lowest BCUT2D eigenvalue weighted by Gasteiger charge is -2.26. The van der Waals surface area contributed by atoms with Gasteiger partial charge in [0, 0.05) is 16.7 Å². The van der Waals surface area contributed by atoms with Crippen molar-refractivity contribution < 1.29 is 4.21 Å². The average molecular weight is 223 g/mol. The third kappa shape index (κ3) is 1.86. The maximum absolute atomic E-state index is 12.0. The summed E-state index contributed by atoms with van der Waals surface area (Å²) >= 11 is 0. The quantitative estimate of drug-likeness (QED) is 0.789. The minimum Gasteiger partial charge on any atom is -0.313 e. The van der Waals surface area contributed by atoms with Gasteiger partial charge in [-0.1, -0.05) is 17.7 Å². The van der Waals surface area contributed by atoms with Crippen LogP contribution in [0.25, 0.3) is 0 Å². The van der Waals surface area contributed by atoms with Crippen molar-refractivity contribution in [2.75, 3.05) is 12.8 Å². The molecule has 0 amide bonds. The third-order valence-corrected chi connectivity index (χ3v) is 4.61. The highest BCUT2D eigenvalue weighted by molar-refractivity contribution is 7.85. The first-order chi connectivity index (χ1) is 7.13. The summed E-state index contributed by atoms with van der Waals surface area (Å²) in [5.74, 6) is 0.780. The Morgan fingerprint density at radius 3 is 2.80 bits per heavy atom. The van der Waals surface area contributed by atoms with Gasteiger partial charge in [0.1, 0.15) is 0 Å². The van der Waals surface area contributed by atoms with E-state index in [-0.39, 0.29) is 0 Å². The van der Waals surface area contributed by atoms with E-state index < -0.39 is 10.8 Å². The zero-order valence-corrected chi connectivity index (χ0v) is 10.3. The molecule has 1 N–H and O–H groups in total. The monoisotopic (exact) mass is 223 g/mol. The molecule has 2 rings (SSSR count). The topological polar surface area (TPSA) is 29.1 Å². The van der Waals surface area contributed by atoms with Crippen molar-refractivity contribution in [2.24, 2.45) is 0 Å². The van der Waals surface area contributed by atoms with Gasteiger partial charge in [-0.15, -0.1) is 0 Å². The smallest absolute Gasteiger partial charge is 0.0536 e. The predicted molar refractivity (Wildman–Crippen MR) is 63.6 cm³/mol. The van der Waals surface area contributed by atoms with Crippen LogP contribution in [0.15, 0.2) is 17.0 Å². The Balaban J connectivity index is 2.61. The molecule has 1 aliphatic heterocycles. The Morgan fingerprint density at radius 2 is 2.13 bits per heavy atom. The lowest BCUT2D eigenvalue weighted by atomic mass is 9.99. The zero-order chi connectivity index (χ0) is 11.0. The second kappa shape index (κ2) is 4.06. The lowest BCUT2D eigenvalue weighted by Crippen LogP contribution is -2.25. The van der Waals surface area contributed by atoms with Crippen LogP contribution in [-0.4, -0.2) is 17.0 Å². The highest BCUT2D eigenvalue weighted by Gasteiger charge is 2.25. The van der Waals surface area contributed by atoms with Gasteiger partial charge in [0.15, 0.2) is 0 Å². The normalized spacial score (nSPS) is 25.0. The summed E-state index contributed by atoms with van der Waals surface area (Å²) < 4.78 is 12.0. The molecule has 1 heterocycles. The lowest BCUT2D eigenvalue weighted by molar-refractivity contribution is 0.552. The van der Waals surface area contributed by atoms with Crippen LogP contribution >= 0.6 is 0 Å². The number of hydrogen-bond acceptors (Lipinski definition) is 2. The Kier molecular flexibility index (Phi) is 2.94. The van der Waals surface area contributed by atoms with E-state index in [0.717, 1.165) is 17.1 Å². The second-order valence-electron chi connectivity index (χ2n) is 4.18. The number of aryl methyl sites for hydroxylation is 2. The molecule has 15 heavy (non-hydrogen) atoms. The van der Waals surface area contributed by atoms with Crippen molar-refractivity contribution in [2.45, 2.75) is 31.2 Å². The summed E-state index contributed by atoms with van der Waals surface area (Å²) in [6.07, 6.45) is 0.971. The second-order valence-corrected chi connectivity index (χ2v) is 5.69. The van der Waals surface area contributed by atoms with Gasteiger partial charge in [0.2, 0.25) is 0 Å². The molecule has 0 bridgehead atoms. The molecule has 3 heteroatoms. The number of hydrogen-bond donors (Lipinski definition) is 1.